The molecule has 0 bridgehead atoms. The number of rotatable bonds is 3. The van der Waals surface area contributed by atoms with E-state index in [-0.39, 0.29) is 0 Å². The first kappa shape index (κ1) is 7.41. The number of nitrogens with zero attached hydrogens (tertiary/aromatic N) is 1. The number of aliphatic imine (C=N–C) groups is 1. The van der Waals surface area contributed by atoms with Crippen molar-refractivity contribution in [2.45, 2.75) is 26.7 Å². The van der Waals surface area contributed by atoms with Gasteiger partial charge in [0, 0.05) is 12.4 Å². The van der Waals surface area contributed by atoms with Crippen LogP contribution < -0.4 is 0 Å². The van der Waals surface area contributed by atoms with E-state index in [9.17, 15) is 0 Å². The maximum Gasteiger partial charge on any atom is 0.0221 e. The summed E-state index contributed by atoms with van der Waals surface area (Å²) in [4.78, 5) is 3.97. The van der Waals surface area contributed by atoms with Crippen LogP contribution >= 0.6 is 0 Å². The minimum Gasteiger partial charge on any atom is -0.269 e. The molecule has 0 radical (unpaired) electrons. The van der Waals surface area contributed by atoms with Crippen molar-refractivity contribution in [2.24, 2.45) is 4.99 Å². The molecule has 0 spiro atoms. The van der Waals surface area contributed by atoms with Crippen LogP contribution in [-0.2, 0) is 0 Å². The topological polar surface area (TPSA) is 12.4 Å². The highest BCUT2D eigenvalue weighted by atomic mass is 14.7. The Balaban J connectivity index is 3.07. The highest BCUT2D eigenvalue weighted by molar-refractivity contribution is 5.57. The first-order valence-corrected chi connectivity index (χ1v) is 3.04. The molecule has 46 valence electrons. The highest BCUT2D eigenvalue weighted by Crippen LogP contribution is 1.80. The SMILES string of the molecule is CC=CN=CCCC. The second-order valence-electron chi connectivity index (χ2n) is 1.60. The Morgan fingerprint density at radius 2 is 2.25 bits per heavy atom. The summed E-state index contributed by atoms with van der Waals surface area (Å²) in [5.41, 5.74) is 0. The van der Waals surface area contributed by atoms with Crippen LogP contribution in [0.1, 0.15) is 26.7 Å². The van der Waals surface area contributed by atoms with Gasteiger partial charge in [-0.05, 0) is 13.3 Å². The molecule has 0 aliphatic heterocycles. The van der Waals surface area contributed by atoms with Gasteiger partial charge in [0.25, 0.3) is 0 Å². The first-order valence-electron chi connectivity index (χ1n) is 3.04. The lowest BCUT2D eigenvalue weighted by molar-refractivity contribution is 1.01. The van der Waals surface area contributed by atoms with E-state index >= 15 is 0 Å². The molecule has 0 fully saturated rings. The predicted molar refractivity (Wildman–Crippen MR) is 38.2 cm³/mol. The standard InChI is InChI=1S/C7H13N/c1-3-5-7-8-6-4-2/h4,6-7H,3,5H2,1-2H3. The Morgan fingerprint density at radius 1 is 1.50 bits per heavy atom. The summed E-state index contributed by atoms with van der Waals surface area (Å²) >= 11 is 0. The van der Waals surface area contributed by atoms with E-state index < -0.39 is 0 Å². The van der Waals surface area contributed by atoms with E-state index in [2.05, 4.69) is 11.9 Å². The molecule has 0 aromatic rings. The summed E-state index contributed by atoms with van der Waals surface area (Å²) in [6.07, 6.45) is 7.92. The molecular formula is C7H13N. The molecule has 1 nitrogen and oxygen atoms in total. The minimum atomic E-state index is 1.09. The van der Waals surface area contributed by atoms with Crippen LogP contribution in [0.15, 0.2) is 17.3 Å². The van der Waals surface area contributed by atoms with E-state index in [0.29, 0.717) is 0 Å². The van der Waals surface area contributed by atoms with E-state index in [1.165, 1.54) is 6.42 Å². The number of hydrogen-bond donors (Lipinski definition) is 0. The Labute approximate surface area is 51.1 Å². The summed E-state index contributed by atoms with van der Waals surface area (Å²) in [7, 11) is 0. The van der Waals surface area contributed by atoms with Gasteiger partial charge in [0.15, 0.2) is 0 Å². The Hall–Kier alpha value is -0.590. The predicted octanol–water partition coefficient (Wildman–Crippen LogP) is 2.39. The van der Waals surface area contributed by atoms with Gasteiger partial charge < -0.3 is 0 Å². The van der Waals surface area contributed by atoms with E-state index in [1.54, 1.807) is 6.20 Å². The van der Waals surface area contributed by atoms with Crippen molar-refractivity contribution in [3.8, 4) is 0 Å². The summed E-state index contributed by atoms with van der Waals surface area (Å²) < 4.78 is 0. The summed E-state index contributed by atoms with van der Waals surface area (Å²) in [5.74, 6) is 0. The van der Waals surface area contributed by atoms with Gasteiger partial charge in [0.05, 0.1) is 0 Å². The third-order valence-electron chi connectivity index (χ3n) is 0.758. The van der Waals surface area contributed by atoms with Crippen molar-refractivity contribution in [1.29, 1.82) is 0 Å². The van der Waals surface area contributed by atoms with Gasteiger partial charge in [0.1, 0.15) is 0 Å². The first-order chi connectivity index (χ1) is 3.91. The Morgan fingerprint density at radius 3 is 2.75 bits per heavy atom. The smallest absolute Gasteiger partial charge is 0.0221 e. The van der Waals surface area contributed by atoms with Gasteiger partial charge in [-0.3, -0.25) is 4.99 Å². The van der Waals surface area contributed by atoms with Gasteiger partial charge in [-0.1, -0.05) is 19.4 Å². The van der Waals surface area contributed by atoms with Crippen molar-refractivity contribution < 1.29 is 0 Å². The minimum absolute atomic E-state index is 1.09. The second-order valence-corrected chi connectivity index (χ2v) is 1.60. The maximum absolute atomic E-state index is 3.97. The average molecular weight is 111 g/mol. The quantitative estimate of drug-likeness (QED) is 0.496. The summed E-state index contributed by atoms with van der Waals surface area (Å²) in [6.45, 7) is 4.10. The average Bonchev–Trinajstić information content (AvgIpc) is 1.81. The molecule has 0 unspecified atom stereocenters. The molecule has 0 rings (SSSR count). The van der Waals surface area contributed by atoms with Crippen molar-refractivity contribution in [3.63, 3.8) is 0 Å². The van der Waals surface area contributed by atoms with E-state index in [1.807, 2.05) is 19.2 Å². The molecule has 0 aromatic carbocycles. The summed E-state index contributed by atoms with van der Waals surface area (Å²) in [5, 5.41) is 0. The monoisotopic (exact) mass is 111 g/mol. The third-order valence-corrected chi connectivity index (χ3v) is 0.758. The molecule has 8 heavy (non-hydrogen) atoms. The Bertz CT molecular complexity index is 82.4. The normalized spacial score (nSPS) is 11.8. The molecule has 0 aliphatic carbocycles. The fourth-order valence-corrected chi connectivity index (χ4v) is 0.351. The molecule has 0 amide bonds. The fourth-order valence-electron chi connectivity index (χ4n) is 0.351. The zero-order valence-electron chi connectivity index (χ0n) is 5.59. The number of unbranched alkanes of at least 4 members (excludes halogenated alkanes) is 1. The summed E-state index contributed by atoms with van der Waals surface area (Å²) in [6, 6.07) is 0. The number of hydrogen-bond acceptors (Lipinski definition) is 1. The van der Waals surface area contributed by atoms with Crippen LogP contribution in [0.5, 0.6) is 0 Å². The molecule has 1 heteroatoms. The van der Waals surface area contributed by atoms with E-state index in [4.69, 9.17) is 0 Å². The van der Waals surface area contributed by atoms with Crippen LogP contribution in [-0.4, -0.2) is 6.21 Å². The Kier molecular flexibility index (Phi) is 5.94. The molecule has 0 atom stereocenters. The van der Waals surface area contributed by atoms with Gasteiger partial charge in [0.2, 0.25) is 0 Å². The molecule has 0 saturated carbocycles. The second kappa shape index (κ2) is 6.41. The van der Waals surface area contributed by atoms with Crippen LogP contribution in [0.3, 0.4) is 0 Å². The lowest BCUT2D eigenvalue weighted by Gasteiger charge is -1.78. The van der Waals surface area contributed by atoms with Crippen LogP contribution in [0.2, 0.25) is 0 Å². The van der Waals surface area contributed by atoms with Crippen molar-refractivity contribution in [1.82, 2.24) is 0 Å². The van der Waals surface area contributed by atoms with Crippen LogP contribution in [0.25, 0.3) is 0 Å². The molecule has 0 N–H and O–H groups in total. The lowest BCUT2D eigenvalue weighted by Crippen LogP contribution is -1.67. The zero-order chi connectivity index (χ0) is 6.24. The van der Waals surface area contributed by atoms with E-state index in [0.717, 1.165) is 6.42 Å². The molecule has 0 heterocycles. The van der Waals surface area contributed by atoms with Gasteiger partial charge in [-0.15, -0.1) is 0 Å². The van der Waals surface area contributed by atoms with Crippen LogP contribution in [0, 0.1) is 0 Å². The van der Waals surface area contributed by atoms with Crippen molar-refractivity contribution in [2.75, 3.05) is 0 Å². The van der Waals surface area contributed by atoms with Gasteiger partial charge in [-0.2, -0.15) is 0 Å². The van der Waals surface area contributed by atoms with Gasteiger partial charge in [-0.25, -0.2) is 0 Å². The number of allylic oxidation sites excluding steroid dienone is 1. The largest absolute Gasteiger partial charge is 0.269 e. The van der Waals surface area contributed by atoms with Crippen molar-refractivity contribution in [3.05, 3.63) is 12.3 Å². The van der Waals surface area contributed by atoms with Gasteiger partial charge >= 0.3 is 0 Å². The molecule has 0 saturated heterocycles. The molecule has 0 aromatic heterocycles. The lowest BCUT2D eigenvalue weighted by atomic mass is 10.4. The molecular weight excluding hydrogens is 98.1 g/mol. The van der Waals surface area contributed by atoms with Crippen molar-refractivity contribution >= 4 is 6.21 Å². The zero-order valence-corrected chi connectivity index (χ0v) is 5.59. The van der Waals surface area contributed by atoms with Crippen LogP contribution in [0.4, 0.5) is 0 Å². The third kappa shape index (κ3) is 5.41. The maximum atomic E-state index is 3.97. The molecule has 0 aliphatic rings. The fraction of sp³-hybridized carbons (Fsp3) is 0.571. The highest BCUT2D eigenvalue weighted by Gasteiger charge is 1.68.